The van der Waals surface area contributed by atoms with Crippen molar-refractivity contribution in [2.24, 2.45) is 11.7 Å². The van der Waals surface area contributed by atoms with Gasteiger partial charge in [-0.25, -0.2) is 0 Å². The molecular weight excluding hydrogens is 210 g/mol. The van der Waals surface area contributed by atoms with Crippen LogP contribution in [-0.4, -0.2) is 17.6 Å². The van der Waals surface area contributed by atoms with Crippen LogP contribution >= 0.6 is 0 Å². The third-order valence-corrected chi connectivity index (χ3v) is 3.86. The molecule has 1 heterocycles. The van der Waals surface area contributed by atoms with Crippen LogP contribution in [0.25, 0.3) is 0 Å². The van der Waals surface area contributed by atoms with Gasteiger partial charge in [0.15, 0.2) is 0 Å². The standard InChI is InChI=1S/C14H23N3/c1-11(13-6-4-8-16-10-13)17-14-7-3-2-5-12(14)9-15/h4,6,8,10-12,14,17H,2-3,5,7,9,15H2,1H3/t11-,12?,14?/m0/s1. The van der Waals surface area contributed by atoms with E-state index in [-0.39, 0.29) is 0 Å². The van der Waals surface area contributed by atoms with Crippen LogP contribution in [0.15, 0.2) is 24.5 Å². The van der Waals surface area contributed by atoms with Gasteiger partial charge in [-0.05, 0) is 43.9 Å². The van der Waals surface area contributed by atoms with E-state index < -0.39 is 0 Å². The lowest BCUT2D eigenvalue weighted by molar-refractivity contribution is 0.252. The normalized spacial score (nSPS) is 26.7. The molecule has 0 saturated heterocycles. The van der Waals surface area contributed by atoms with Gasteiger partial charge in [0.1, 0.15) is 0 Å². The second-order valence-corrected chi connectivity index (χ2v) is 5.06. The molecule has 1 aliphatic carbocycles. The Labute approximate surface area is 104 Å². The van der Waals surface area contributed by atoms with E-state index in [9.17, 15) is 0 Å². The number of nitrogens with zero attached hydrogens (tertiary/aromatic N) is 1. The first kappa shape index (κ1) is 12.5. The molecule has 3 atom stereocenters. The van der Waals surface area contributed by atoms with Crippen molar-refractivity contribution in [2.45, 2.75) is 44.7 Å². The number of pyridine rings is 1. The average molecular weight is 233 g/mol. The lowest BCUT2D eigenvalue weighted by Gasteiger charge is -2.33. The van der Waals surface area contributed by atoms with Gasteiger partial charge in [0, 0.05) is 24.5 Å². The molecule has 3 heteroatoms. The van der Waals surface area contributed by atoms with Crippen LogP contribution in [0.1, 0.15) is 44.2 Å². The van der Waals surface area contributed by atoms with Gasteiger partial charge in [-0.15, -0.1) is 0 Å². The van der Waals surface area contributed by atoms with Crippen molar-refractivity contribution in [1.82, 2.24) is 10.3 Å². The molecule has 3 nitrogen and oxygen atoms in total. The van der Waals surface area contributed by atoms with Crippen LogP contribution in [0, 0.1) is 5.92 Å². The minimum absolute atomic E-state index is 0.362. The van der Waals surface area contributed by atoms with Crippen LogP contribution < -0.4 is 11.1 Å². The van der Waals surface area contributed by atoms with Gasteiger partial charge in [0.2, 0.25) is 0 Å². The monoisotopic (exact) mass is 233 g/mol. The van der Waals surface area contributed by atoms with E-state index in [1.54, 1.807) is 0 Å². The topological polar surface area (TPSA) is 50.9 Å². The van der Waals surface area contributed by atoms with Crippen molar-refractivity contribution in [1.29, 1.82) is 0 Å². The van der Waals surface area contributed by atoms with Crippen molar-refractivity contribution >= 4 is 0 Å². The van der Waals surface area contributed by atoms with Crippen molar-refractivity contribution < 1.29 is 0 Å². The van der Waals surface area contributed by atoms with Gasteiger partial charge in [-0.1, -0.05) is 18.9 Å². The summed E-state index contributed by atoms with van der Waals surface area (Å²) in [4.78, 5) is 4.17. The predicted molar refractivity (Wildman–Crippen MR) is 70.6 cm³/mol. The zero-order valence-corrected chi connectivity index (χ0v) is 10.6. The zero-order valence-electron chi connectivity index (χ0n) is 10.6. The van der Waals surface area contributed by atoms with Gasteiger partial charge >= 0.3 is 0 Å². The summed E-state index contributed by atoms with van der Waals surface area (Å²) in [6.07, 6.45) is 8.95. The van der Waals surface area contributed by atoms with E-state index in [1.165, 1.54) is 31.2 Å². The predicted octanol–water partition coefficient (Wildman–Crippen LogP) is 2.25. The number of nitrogens with one attached hydrogen (secondary N) is 1. The molecule has 0 spiro atoms. The second kappa shape index (κ2) is 6.12. The fourth-order valence-electron chi connectivity index (χ4n) is 2.76. The van der Waals surface area contributed by atoms with Gasteiger partial charge in [0.05, 0.1) is 0 Å². The van der Waals surface area contributed by atoms with Crippen LogP contribution in [0.3, 0.4) is 0 Å². The molecule has 1 aromatic heterocycles. The fourth-order valence-corrected chi connectivity index (χ4v) is 2.76. The lowest BCUT2D eigenvalue weighted by atomic mass is 9.84. The minimum atomic E-state index is 0.362. The summed E-state index contributed by atoms with van der Waals surface area (Å²) >= 11 is 0. The molecule has 1 saturated carbocycles. The van der Waals surface area contributed by atoms with Crippen molar-refractivity contribution in [3.05, 3.63) is 30.1 Å². The Balaban J connectivity index is 1.95. The van der Waals surface area contributed by atoms with E-state index in [4.69, 9.17) is 5.73 Å². The first-order chi connectivity index (χ1) is 8.31. The fraction of sp³-hybridized carbons (Fsp3) is 0.643. The van der Waals surface area contributed by atoms with Crippen LogP contribution in [-0.2, 0) is 0 Å². The van der Waals surface area contributed by atoms with Gasteiger partial charge in [-0.2, -0.15) is 0 Å². The van der Waals surface area contributed by atoms with E-state index in [1.807, 2.05) is 18.5 Å². The molecule has 1 fully saturated rings. The van der Waals surface area contributed by atoms with Crippen LogP contribution in [0.2, 0.25) is 0 Å². The molecule has 94 valence electrons. The molecule has 2 unspecified atom stereocenters. The van der Waals surface area contributed by atoms with Gasteiger partial charge in [-0.3, -0.25) is 4.98 Å². The van der Waals surface area contributed by atoms with E-state index in [0.29, 0.717) is 18.0 Å². The Hall–Kier alpha value is -0.930. The number of nitrogens with two attached hydrogens (primary N) is 1. The largest absolute Gasteiger partial charge is 0.330 e. The first-order valence-corrected chi connectivity index (χ1v) is 6.67. The van der Waals surface area contributed by atoms with E-state index >= 15 is 0 Å². The summed E-state index contributed by atoms with van der Waals surface area (Å²) in [5.41, 5.74) is 7.11. The molecule has 3 N–H and O–H groups in total. The maximum atomic E-state index is 5.86. The average Bonchev–Trinajstić information content (AvgIpc) is 2.40. The summed E-state index contributed by atoms with van der Waals surface area (Å²) in [7, 11) is 0. The molecule has 1 aliphatic rings. The highest BCUT2D eigenvalue weighted by Gasteiger charge is 2.25. The lowest BCUT2D eigenvalue weighted by Crippen LogP contribution is -2.42. The van der Waals surface area contributed by atoms with E-state index in [2.05, 4.69) is 23.3 Å². The number of hydrogen-bond donors (Lipinski definition) is 2. The maximum absolute atomic E-state index is 5.86. The smallest absolute Gasteiger partial charge is 0.0315 e. The maximum Gasteiger partial charge on any atom is 0.0315 e. The van der Waals surface area contributed by atoms with Crippen LogP contribution in [0.4, 0.5) is 0 Å². The summed E-state index contributed by atoms with van der Waals surface area (Å²) in [6, 6.07) is 5.06. The van der Waals surface area contributed by atoms with E-state index in [0.717, 1.165) is 6.54 Å². The Morgan fingerprint density at radius 2 is 2.29 bits per heavy atom. The SMILES string of the molecule is C[C@H](NC1CCCCC1CN)c1cccnc1. The number of aromatic nitrogens is 1. The van der Waals surface area contributed by atoms with Crippen LogP contribution in [0.5, 0.6) is 0 Å². The zero-order chi connectivity index (χ0) is 12.1. The summed E-state index contributed by atoms with van der Waals surface area (Å²) in [6.45, 7) is 3.01. The third kappa shape index (κ3) is 3.27. The number of rotatable bonds is 4. The van der Waals surface area contributed by atoms with Gasteiger partial charge in [0.25, 0.3) is 0 Å². The highest BCUT2D eigenvalue weighted by Crippen LogP contribution is 2.25. The van der Waals surface area contributed by atoms with Crippen molar-refractivity contribution in [3.8, 4) is 0 Å². The molecule has 0 radical (unpaired) electrons. The highest BCUT2D eigenvalue weighted by atomic mass is 15.0. The Morgan fingerprint density at radius 3 is 3.00 bits per heavy atom. The minimum Gasteiger partial charge on any atom is -0.330 e. The highest BCUT2D eigenvalue weighted by molar-refractivity contribution is 5.13. The molecule has 2 rings (SSSR count). The summed E-state index contributed by atoms with van der Waals surface area (Å²) < 4.78 is 0. The van der Waals surface area contributed by atoms with Crippen molar-refractivity contribution in [2.75, 3.05) is 6.54 Å². The Morgan fingerprint density at radius 1 is 1.47 bits per heavy atom. The quantitative estimate of drug-likeness (QED) is 0.838. The molecule has 0 bridgehead atoms. The van der Waals surface area contributed by atoms with Crippen molar-refractivity contribution in [3.63, 3.8) is 0 Å². The Bertz CT molecular complexity index is 325. The summed E-state index contributed by atoms with van der Waals surface area (Å²) in [5, 5.41) is 3.72. The molecule has 0 aliphatic heterocycles. The molecule has 0 amide bonds. The summed E-state index contributed by atoms with van der Waals surface area (Å²) in [5.74, 6) is 0.642. The second-order valence-electron chi connectivity index (χ2n) is 5.06. The Kier molecular flexibility index (Phi) is 4.51. The molecule has 0 aromatic carbocycles. The number of hydrogen-bond acceptors (Lipinski definition) is 3. The third-order valence-electron chi connectivity index (χ3n) is 3.86. The molecule has 1 aromatic rings. The molecule has 17 heavy (non-hydrogen) atoms. The first-order valence-electron chi connectivity index (χ1n) is 6.67. The molecular formula is C14H23N3. The van der Waals surface area contributed by atoms with Gasteiger partial charge < -0.3 is 11.1 Å².